The van der Waals surface area contributed by atoms with Crippen molar-refractivity contribution in [3.8, 4) is 5.75 Å². The number of ether oxygens (including phenoxy) is 1. The molecule has 0 aliphatic carbocycles. The molecule has 5 nitrogen and oxygen atoms in total. The van der Waals surface area contributed by atoms with Crippen LogP contribution >= 0.6 is 0 Å². The standard InChI is InChI=1S/C23H30N2O3/c1-17(2)24-23(27)18(3)25(15-14-19-8-6-5-7-9-19)22(26)16-20-10-12-21(28-4)13-11-20/h5-13,17-18H,14-16H2,1-4H3,(H,24,27)/t18-/m0/s1. The molecule has 1 N–H and O–H groups in total. The van der Waals surface area contributed by atoms with E-state index in [4.69, 9.17) is 4.74 Å². The van der Waals surface area contributed by atoms with Crippen LogP contribution in [0.1, 0.15) is 31.9 Å². The largest absolute Gasteiger partial charge is 0.497 e. The Morgan fingerprint density at radius 1 is 0.964 bits per heavy atom. The Hall–Kier alpha value is -2.82. The molecular formula is C23H30N2O3. The number of benzene rings is 2. The first-order valence-corrected chi connectivity index (χ1v) is 9.67. The molecule has 5 heteroatoms. The van der Waals surface area contributed by atoms with Crippen LogP contribution in [-0.2, 0) is 22.4 Å². The molecule has 0 aliphatic heterocycles. The molecule has 0 fully saturated rings. The van der Waals surface area contributed by atoms with Crippen molar-refractivity contribution in [2.75, 3.05) is 13.7 Å². The van der Waals surface area contributed by atoms with Gasteiger partial charge >= 0.3 is 0 Å². The number of hydrogen-bond acceptors (Lipinski definition) is 3. The molecule has 0 saturated heterocycles. The zero-order valence-corrected chi connectivity index (χ0v) is 17.1. The minimum Gasteiger partial charge on any atom is -0.497 e. The summed E-state index contributed by atoms with van der Waals surface area (Å²) in [5, 5.41) is 2.91. The second-order valence-electron chi connectivity index (χ2n) is 7.19. The van der Waals surface area contributed by atoms with Gasteiger partial charge in [-0.05, 0) is 50.5 Å². The Kier molecular flexibility index (Phi) is 8.05. The van der Waals surface area contributed by atoms with Crippen LogP contribution in [0.25, 0.3) is 0 Å². The summed E-state index contributed by atoms with van der Waals surface area (Å²) in [7, 11) is 1.61. The number of amides is 2. The van der Waals surface area contributed by atoms with E-state index in [2.05, 4.69) is 5.32 Å². The molecule has 2 rings (SSSR count). The maximum atomic E-state index is 13.0. The molecule has 0 unspecified atom stereocenters. The fourth-order valence-electron chi connectivity index (χ4n) is 2.99. The normalized spacial score (nSPS) is 11.8. The monoisotopic (exact) mass is 382 g/mol. The van der Waals surface area contributed by atoms with Crippen molar-refractivity contribution in [2.24, 2.45) is 0 Å². The van der Waals surface area contributed by atoms with E-state index in [1.165, 1.54) is 0 Å². The minimum absolute atomic E-state index is 0.0302. The lowest BCUT2D eigenvalue weighted by Crippen LogP contribution is -2.50. The van der Waals surface area contributed by atoms with E-state index in [9.17, 15) is 9.59 Å². The van der Waals surface area contributed by atoms with Crippen LogP contribution in [0, 0.1) is 0 Å². The zero-order valence-electron chi connectivity index (χ0n) is 17.1. The van der Waals surface area contributed by atoms with Gasteiger partial charge in [0.05, 0.1) is 13.5 Å². The summed E-state index contributed by atoms with van der Waals surface area (Å²) in [6, 6.07) is 16.9. The highest BCUT2D eigenvalue weighted by atomic mass is 16.5. The van der Waals surface area contributed by atoms with Gasteiger partial charge < -0.3 is 15.0 Å². The summed E-state index contributed by atoms with van der Waals surface area (Å²) in [6.45, 7) is 6.11. The van der Waals surface area contributed by atoms with Crippen LogP contribution in [0.15, 0.2) is 54.6 Å². The van der Waals surface area contributed by atoms with Crippen LogP contribution in [0.3, 0.4) is 0 Å². The Bertz CT molecular complexity index is 757. The van der Waals surface area contributed by atoms with Gasteiger partial charge in [0.1, 0.15) is 11.8 Å². The molecule has 0 saturated carbocycles. The van der Waals surface area contributed by atoms with Gasteiger partial charge in [0.15, 0.2) is 0 Å². The van der Waals surface area contributed by atoms with Crippen molar-refractivity contribution in [2.45, 2.75) is 45.7 Å². The fraction of sp³-hybridized carbons (Fsp3) is 0.391. The Labute approximate surface area is 167 Å². The minimum atomic E-state index is -0.531. The van der Waals surface area contributed by atoms with Crippen molar-refractivity contribution in [1.82, 2.24) is 10.2 Å². The molecule has 0 radical (unpaired) electrons. The summed E-state index contributed by atoms with van der Waals surface area (Å²) < 4.78 is 5.17. The van der Waals surface area contributed by atoms with Gasteiger partial charge in [-0.15, -0.1) is 0 Å². The summed E-state index contributed by atoms with van der Waals surface area (Å²) in [5.74, 6) is 0.556. The number of hydrogen-bond donors (Lipinski definition) is 1. The Morgan fingerprint density at radius 2 is 1.61 bits per heavy atom. The fourth-order valence-corrected chi connectivity index (χ4v) is 2.99. The second kappa shape index (κ2) is 10.5. The summed E-state index contributed by atoms with van der Waals surface area (Å²) >= 11 is 0. The lowest BCUT2D eigenvalue weighted by Gasteiger charge is -2.29. The first-order valence-electron chi connectivity index (χ1n) is 9.67. The molecular weight excluding hydrogens is 352 g/mol. The van der Waals surface area contributed by atoms with E-state index in [1.54, 1.807) is 18.9 Å². The molecule has 150 valence electrons. The van der Waals surface area contributed by atoms with Gasteiger partial charge in [-0.3, -0.25) is 9.59 Å². The van der Waals surface area contributed by atoms with E-state index >= 15 is 0 Å². The first kappa shape index (κ1) is 21.5. The van der Waals surface area contributed by atoms with E-state index in [1.807, 2.05) is 68.4 Å². The second-order valence-corrected chi connectivity index (χ2v) is 7.19. The molecule has 0 bridgehead atoms. The van der Waals surface area contributed by atoms with Gasteiger partial charge in [-0.1, -0.05) is 42.5 Å². The van der Waals surface area contributed by atoms with E-state index in [0.29, 0.717) is 13.0 Å². The first-order chi connectivity index (χ1) is 13.4. The molecule has 1 atom stereocenters. The van der Waals surface area contributed by atoms with Crippen LogP contribution in [0.2, 0.25) is 0 Å². The van der Waals surface area contributed by atoms with Crippen molar-refractivity contribution in [3.05, 3.63) is 65.7 Å². The summed E-state index contributed by atoms with van der Waals surface area (Å²) in [5.41, 5.74) is 2.04. The molecule has 0 aliphatic rings. The average molecular weight is 383 g/mol. The number of nitrogens with zero attached hydrogens (tertiary/aromatic N) is 1. The third-order valence-corrected chi connectivity index (χ3v) is 4.60. The van der Waals surface area contributed by atoms with Gasteiger partial charge in [-0.2, -0.15) is 0 Å². The van der Waals surface area contributed by atoms with E-state index < -0.39 is 6.04 Å². The number of rotatable bonds is 9. The van der Waals surface area contributed by atoms with Crippen LogP contribution < -0.4 is 10.1 Å². The van der Waals surface area contributed by atoms with Crippen LogP contribution in [0.5, 0.6) is 5.75 Å². The van der Waals surface area contributed by atoms with Crippen molar-refractivity contribution < 1.29 is 14.3 Å². The Morgan fingerprint density at radius 3 is 2.18 bits per heavy atom. The SMILES string of the molecule is COc1ccc(CC(=O)N(CCc2ccccc2)[C@@H](C)C(=O)NC(C)C)cc1. The number of nitrogens with one attached hydrogen (secondary N) is 1. The van der Waals surface area contributed by atoms with Crippen LogP contribution in [0.4, 0.5) is 0 Å². The molecule has 2 aromatic carbocycles. The van der Waals surface area contributed by atoms with Gasteiger partial charge in [0, 0.05) is 12.6 Å². The molecule has 28 heavy (non-hydrogen) atoms. The predicted octanol–water partition coefficient (Wildman–Crippen LogP) is 3.22. The van der Waals surface area contributed by atoms with Gasteiger partial charge in [-0.25, -0.2) is 0 Å². The van der Waals surface area contributed by atoms with E-state index in [-0.39, 0.29) is 24.3 Å². The Balaban J connectivity index is 2.12. The third-order valence-electron chi connectivity index (χ3n) is 4.60. The van der Waals surface area contributed by atoms with E-state index in [0.717, 1.165) is 16.9 Å². The quantitative estimate of drug-likeness (QED) is 0.724. The number of methoxy groups -OCH3 is 1. The van der Waals surface area contributed by atoms with Crippen molar-refractivity contribution in [3.63, 3.8) is 0 Å². The lowest BCUT2D eigenvalue weighted by atomic mass is 10.1. The molecule has 0 aromatic heterocycles. The lowest BCUT2D eigenvalue weighted by molar-refractivity contribution is -0.139. The van der Waals surface area contributed by atoms with Crippen LogP contribution in [-0.4, -0.2) is 42.5 Å². The van der Waals surface area contributed by atoms with Gasteiger partial charge in [0.25, 0.3) is 0 Å². The smallest absolute Gasteiger partial charge is 0.242 e. The van der Waals surface area contributed by atoms with Crippen molar-refractivity contribution in [1.29, 1.82) is 0 Å². The third kappa shape index (κ3) is 6.41. The average Bonchev–Trinajstić information content (AvgIpc) is 2.68. The maximum Gasteiger partial charge on any atom is 0.242 e. The molecule has 2 amide bonds. The topological polar surface area (TPSA) is 58.6 Å². The van der Waals surface area contributed by atoms with Crippen molar-refractivity contribution >= 4 is 11.8 Å². The van der Waals surface area contributed by atoms with Gasteiger partial charge in [0.2, 0.25) is 11.8 Å². The number of carbonyl (C=O) groups excluding carboxylic acids is 2. The number of carbonyl (C=O) groups is 2. The highest BCUT2D eigenvalue weighted by molar-refractivity contribution is 5.88. The highest BCUT2D eigenvalue weighted by Gasteiger charge is 2.26. The highest BCUT2D eigenvalue weighted by Crippen LogP contribution is 2.14. The summed E-state index contributed by atoms with van der Waals surface area (Å²) in [6.07, 6.45) is 0.951. The summed E-state index contributed by atoms with van der Waals surface area (Å²) in [4.78, 5) is 27.2. The predicted molar refractivity (Wildman–Crippen MR) is 111 cm³/mol. The maximum absolute atomic E-state index is 13.0. The molecule has 2 aromatic rings. The molecule has 0 spiro atoms. The zero-order chi connectivity index (χ0) is 20.5. The molecule has 0 heterocycles.